The molecule has 2 amide bonds. The minimum absolute atomic E-state index is 0.273. The van der Waals surface area contributed by atoms with Crippen LogP contribution in [0.25, 0.3) is 10.2 Å². The number of nitrogens with one attached hydrogen (secondary N) is 2. The first-order chi connectivity index (χ1) is 16.0. The maximum atomic E-state index is 13.0. The molecule has 0 saturated carbocycles. The van der Waals surface area contributed by atoms with Gasteiger partial charge < -0.3 is 15.4 Å². The zero-order valence-corrected chi connectivity index (χ0v) is 19.8. The summed E-state index contributed by atoms with van der Waals surface area (Å²) in [5.74, 6) is -0.553. The molecule has 9 heteroatoms. The molecule has 2 heterocycles. The summed E-state index contributed by atoms with van der Waals surface area (Å²) in [6.45, 7) is 3.22. The number of hydrogen-bond acceptors (Lipinski definition) is 5. The topological polar surface area (TPSA) is 85.2 Å². The first kappa shape index (κ1) is 23.0. The van der Waals surface area contributed by atoms with Gasteiger partial charge in [0.1, 0.15) is 4.83 Å². The van der Waals surface area contributed by atoms with Gasteiger partial charge in [-0.3, -0.25) is 14.3 Å². The molecular formula is C24H23ClN4O3S. The molecule has 0 atom stereocenters. The van der Waals surface area contributed by atoms with Crippen LogP contribution in [0.1, 0.15) is 31.3 Å². The minimum Gasteiger partial charge on any atom is -0.383 e. The van der Waals surface area contributed by atoms with Gasteiger partial charge in [-0.1, -0.05) is 41.9 Å². The molecular weight excluding hydrogens is 460 g/mol. The van der Waals surface area contributed by atoms with E-state index in [9.17, 15) is 9.59 Å². The number of benzene rings is 2. The summed E-state index contributed by atoms with van der Waals surface area (Å²) in [6.07, 6.45) is 0. The van der Waals surface area contributed by atoms with Crippen LogP contribution in [0.15, 0.2) is 54.6 Å². The molecule has 0 saturated heterocycles. The quantitative estimate of drug-likeness (QED) is 0.355. The molecule has 2 aromatic carbocycles. The Balaban J connectivity index is 1.56. The fourth-order valence-corrected chi connectivity index (χ4v) is 4.71. The Hall–Kier alpha value is -3.20. The van der Waals surface area contributed by atoms with Crippen molar-refractivity contribution in [2.75, 3.05) is 25.6 Å². The first-order valence-electron chi connectivity index (χ1n) is 10.4. The molecule has 2 N–H and O–H groups in total. The Morgan fingerprint density at radius 1 is 1.12 bits per heavy atom. The number of hydrogen-bond donors (Lipinski definition) is 2. The zero-order valence-electron chi connectivity index (χ0n) is 18.2. The summed E-state index contributed by atoms with van der Waals surface area (Å²) in [5, 5.41) is 11.9. The Morgan fingerprint density at radius 2 is 1.88 bits per heavy atom. The van der Waals surface area contributed by atoms with E-state index in [2.05, 4.69) is 15.7 Å². The molecule has 0 aliphatic rings. The highest BCUT2D eigenvalue weighted by Gasteiger charge is 2.19. The number of aromatic nitrogens is 2. The molecule has 0 fully saturated rings. The summed E-state index contributed by atoms with van der Waals surface area (Å²) in [4.78, 5) is 27.0. The van der Waals surface area contributed by atoms with Crippen molar-refractivity contribution in [3.05, 3.63) is 81.3 Å². The third kappa shape index (κ3) is 5.08. The molecule has 0 aliphatic heterocycles. The minimum atomic E-state index is -0.281. The van der Waals surface area contributed by atoms with E-state index in [-0.39, 0.29) is 11.8 Å². The van der Waals surface area contributed by atoms with E-state index >= 15 is 0 Å². The number of anilines is 1. The van der Waals surface area contributed by atoms with Crippen molar-refractivity contribution in [2.45, 2.75) is 13.5 Å². The second-order valence-electron chi connectivity index (χ2n) is 7.41. The molecule has 170 valence electrons. The SMILES string of the molecule is COCCNC(=O)c1ccccc1NC(=O)c1cc2c(C)nn(Cc3ccccc3Cl)c2s1. The normalized spacial score (nSPS) is 11.0. The van der Waals surface area contributed by atoms with Crippen molar-refractivity contribution in [1.29, 1.82) is 0 Å². The van der Waals surface area contributed by atoms with Crippen molar-refractivity contribution >= 4 is 50.7 Å². The van der Waals surface area contributed by atoms with Crippen LogP contribution < -0.4 is 10.6 Å². The van der Waals surface area contributed by atoms with Crippen molar-refractivity contribution < 1.29 is 14.3 Å². The van der Waals surface area contributed by atoms with E-state index in [0.29, 0.717) is 40.8 Å². The van der Waals surface area contributed by atoms with Crippen LogP contribution in [0, 0.1) is 6.92 Å². The van der Waals surface area contributed by atoms with Gasteiger partial charge in [0.2, 0.25) is 0 Å². The molecule has 0 unspecified atom stereocenters. The molecule has 4 rings (SSSR count). The number of carbonyl (C=O) groups excluding carboxylic acids is 2. The maximum absolute atomic E-state index is 13.0. The van der Waals surface area contributed by atoms with Crippen LogP contribution in [-0.4, -0.2) is 41.9 Å². The summed E-state index contributed by atoms with van der Waals surface area (Å²) in [7, 11) is 1.57. The average molecular weight is 483 g/mol. The summed E-state index contributed by atoms with van der Waals surface area (Å²) in [6, 6.07) is 16.4. The summed E-state index contributed by atoms with van der Waals surface area (Å²) < 4.78 is 6.83. The second kappa shape index (κ2) is 10.2. The van der Waals surface area contributed by atoms with Crippen molar-refractivity contribution in [3.63, 3.8) is 0 Å². The largest absolute Gasteiger partial charge is 0.383 e. The lowest BCUT2D eigenvalue weighted by Crippen LogP contribution is -2.28. The molecule has 0 radical (unpaired) electrons. The number of aryl methyl sites for hydroxylation is 1. The lowest BCUT2D eigenvalue weighted by molar-refractivity contribution is 0.0938. The van der Waals surface area contributed by atoms with Gasteiger partial charge in [-0.15, -0.1) is 11.3 Å². The number of nitrogens with zero attached hydrogens (tertiary/aromatic N) is 2. The van der Waals surface area contributed by atoms with Gasteiger partial charge >= 0.3 is 0 Å². The van der Waals surface area contributed by atoms with Gasteiger partial charge in [0.05, 0.1) is 35.0 Å². The van der Waals surface area contributed by atoms with Gasteiger partial charge in [0, 0.05) is 24.1 Å². The lowest BCUT2D eigenvalue weighted by atomic mass is 10.1. The smallest absolute Gasteiger partial charge is 0.265 e. The predicted octanol–water partition coefficient (Wildman–Crippen LogP) is 4.74. The van der Waals surface area contributed by atoms with Gasteiger partial charge in [0.25, 0.3) is 11.8 Å². The van der Waals surface area contributed by atoms with Gasteiger partial charge in [-0.2, -0.15) is 5.10 Å². The molecule has 7 nitrogen and oxygen atoms in total. The van der Waals surface area contributed by atoms with Crippen LogP contribution in [0.2, 0.25) is 5.02 Å². The second-order valence-corrected chi connectivity index (χ2v) is 8.85. The Bertz CT molecular complexity index is 1310. The number of thiophene rings is 1. The fourth-order valence-electron chi connectivity index (χ4n) is 3.46. The molecule has 0 aliphatic carbocycles. The maximum Gasteiger partial charge on any atom is 0.265 e. The van der Waals surface area contributed by atoms with E-state index in [0.717, 1.165) is 21.5 Å². The van der Waals surface area contributed by atoms with Crippen LogP contribution >= 0.6 is 22.9 Å². The van der Waals surface area contributed by atoms with E-state index in [4.69, 9.17) is 16.3 Å². The predicted molar refractivity (Wildman–Crippen MR) is 132 cm³/mol. The number of methoxy groups -OCH3 is 1. The van der Waals surface area contributed by atoms with Crippen LogP contribution in [-0.2, 0) is 11.3 Å². The number of carbonyl (C=O) groups is 2. The first-order valence-corrected chi connectivity index (χ1v) is 11.5. The molecule has 0 bridgehead atoms. The number of para-hydroxylation sites is 1. The monoisotopic (exact) mass is 482 g/mol. The molecule has 0 spiro atoms. The lowest BCUT2D eigenvalue weighted by Gasteiger charge is -2.10. The Kier molecular flexibility index (Phi) is 7.08. The molecule has 2 aromatic heterocycles. The number of rotatable bonds is 8. The highest BCUT2D eigenvalue weighted by Crippen LogP contribution is 2.30. The van der Waals surface area contributed by atoms with Crippen molar-refractivity contribution in [3.8, 4) is 0 Å². The van der Waals surface area contributed by atoms with Gasteiger partial charge in [-0.25, -0.2) is 0 Å². The third-order valence-electron chi connectivity index (χ3n) is 5.12. The molecule has 4 aromatic rings. The van der Waals surface area contributed by atoms with Crippen molar-refractivity contribution in [1.82, 2.24) is 15.1 Å². The number of halogens is 1. The van der Waals surface area contributed by atoms with Gasteiger partial charge in [-0.05, 0) is 36.8 Å². The number of amides is 2. The summed E-state index contributed by atoms with van der Waals surface area (Å²) >= 11 is 7.67. The highest BCUT2D eigenvalue weighted by atomic mass is 35.5. The van der Waals surface area contributed by atoms with E-state index in [1.54, 1.807) is 31.4 Å². The third-order valence-corrected chi connectivity index (χ3v) is 6.64. The number of ether oxygens (including phenoxy) is 1. The zero-order chi connectivity index (χ0) is 23.4. The van der Waals surface area contributed by atoms with E-state index in [1.807, 2.05) is 41.9 Å². The van der Waals surface area contributed by atoms with E-state index < -0.39 is 0 Å². The van der Waals surface area contributed by atoms with E-state index in [1.165, 1.54) is 11.3 Å². The fraction of sp³-hybridized carbons (Fsp3) is 0.208. The van der Waals surface area contributed by atoms with Crippen LogP contribution in [0.3, 0.4) is 0 Å². The summed E-state index contributed by atoms with van der Waals surface area (Å²) in [5.41, 5.74) is 2.63. The highest BCUT2D eigenvalue weighted by molar-refractivity contribution is 7.20. The Labute approximate surface area is 200 Å². The van der Waals surface area contributed by atoms with Crippen molar-refractivity contribution in [2.24, 2.45) is 0 Å². The van der Waals surface area contributed by atoms with Crippen LogP contribution in [0.5, 0.6) is 0 Å². The average Bonchev–Trinajstić information content (AvgIpc) is 3.37. The molecule has 33 heavy (non-hydrogen) atoms. The Morgan fingerprint density at radius 3 is 2.67 bits per heavy atom. The number of fused-ring (bicyclic) bond motifs is 1. The van der Waals surface area contributed by atoms with Crippen LogP contribution in [0.4, 0.5) is 5.69 Å². The standard InChI is InChI=1S/C24H23ClN4O3S/c1-15-18-13-21(33-24(18)29(28-15)14-16-7-3-5-9-19(16)25)23(31)27-20-10-6-4-8-17(20)22(30)26-11-12-32-2/h3-10,13H,11-12,14H2,1-2H3,(H,26,30)(H,27,31). The van der Waals surface area contributed by atoms with Gasteiger partial charge in [0.15, 0.2) is 0 Å².